The fourth-order valence-corrected chi connectivity index (χ4v) is 4.07. The molecule has 0 aliphatic carbocycles. The van der Waals surface area contributed by atoms with Crippen molar-refractivity contribution in [2.24, 2.45) is 0 Å². The second-order valence-electron chi connectivity index (χ2n) is 7.54. The van der Waals surface area contributed by atoms with Crippen molar-refractivity contribution in [2.75, 3.05) is 17.3 Å². The van der Waals surface area contributed by atoms with Crippen LogP contribution in [0.4, 0.5) is 15.8 Å². The molecular formula is C25H22FN3O3S. The number of halogens is 1. The summed E-state index contributed by atoms with van der Waals surface area (Å²) in [5.74, 6) is -0.331. The maximum Gasteiger partial charge on any atom is 0.256 e. The summed E-state index contributed by atoms with van der Waals surface area (Å²) >= 11 is 5.64. The Bertz CT molecular complexity index is 1150. The third-order valence-electron chi connectivity index (χ3n) is 5.35. The molecule has 8 heteroatoms. The van der Waals surface area contributed by atoms with Gasteiger partial charge in [-0.05, 0) is 66.3 Å². The molecule has 1 fully saturated rings. The van der Waals surface area contributed by atoms with Gasteiger partial charge in [0.15, 0.2) is 5.11 Å². The van der Waals surface area contributed by atoms with Crippen LogP contribution < -0.4 is 15.0 Å². The minimum absolute atomic E-state index is 0.0816. The Morgan fingerprint density at radius 1 is 1.03 bits per heavy atom. The normalized spacial score (nSPS) is 15.6. The highest BCUT2D eigenvalue weighted by Gasteiger charge is 2.44. The summed E-state index contributed by atoms with van der Waals surface area (Å²) in [6.45, 7) is 0.329. The number of para-hydroxylation sites is 1. The fraction of sp³-hybridized carbons (Fsp3) is 0.160. The highest BCUT2D eigenvalue weighted by molar-refractivity contribution is 7.80. The molecule has 3 aromatic carbocycles. The Labute approximate surface area is 196 Å². The number of benzene rings is 3. The van der Waals surface area contributed by atoms with Gasteiger partial charge in [0, 0.05) is 12.2 Å². The molecule has 0 bridgehead atoms. The number of carbonyl (C=O) groups excluding carboxylic acids is 2. The zero-order chi connectivity index (χ0) is 23.4. The number of ether oxygens (including phenoxy) is 1. The van der Waals surface area contributed by atoms with Crippen LogP contribution in [-0.4, -0.2) is 35.0 Å². The highest BCUT2D eigenvalue weighted by atomic mass is 32.1. The molecule has 2 amide bonds. The van der Waals surface area contributed by atoms with E-state index in [0.717, 1.165) is 5.56 Å². The van der Waals surface area contributed by atoms with Crippen LogP contribution in [0.3, 0.4) is 0 Å². The lowest BCUT2D eigenvalue weighted by atomic mass is 10.1. The SMILES string of the molecule is COc1ccc(CN2C(=S)N(c3ccc(F)cc3)C(=O)[C@H]2CC(=O)Nc2ccccc2)cc1. The first-order chi connectivity index (χ1) is 16.0. The average Bonchev–Trinajstić information content (AvgIpc) is 3.05. The lowest BCUT2D eigenvalue weighted by Crippen LogP contribution is -2.37. The number of methoxy groups -OCH3 is 1. The van der Waals surface area contributed by atoms with Gasteiger partial charge < -0.3 is 15.0 Å². The lowest BCUT2D eigenvalue weighted by Gasteiger charge is -2.24. The maximum absolute atomic E-state index is 13.4. The van der Waals surface area contributed by atoms with Gasteiger partial charge in [0.1, 0.15) is 17.6 Å². The van der Waals surface area contributed by atoms with Gasteiger partial charge in [-0.1, -0.05) is 30.3 Å². The predicted molar refractivity (Wildman–Crippen MR) is 128 cm³/mol. The number of rotatable bonds is 7. The van der Waals surface area contributed by atoms with E-state index in [-0.39, 0.29) is 23.3 Å². The Kier molecular flexibility index (Phi) is 6.65. The topological polar surface area (TPSA) is 61.9 Å². The summed E-state index contributed by atoms with van der Waals surface area (Å²) in [4.78, 5) is 29.3. The van der Waals surface area contributed by atoms with E-state index >= 15 is 0 Å². The van der Waals surface area contributed by atoms with Gasteiger partial charge in [0.2, 0.25) is 5.91 Å². The second kappa shape index (κ2) is 9.79. The van der Waals surface area contributed by atoms with E-state index < -0.39 is 11.9 Å². The Balaban J connectivity index is 1.60. The molecule has 3 aromatic rings. The molecular weight excluding hydrogens is 441 g/mol. The fourth-order valence-electron chi connectivity index (χ4n) is 3.68. The molecule has 0 unspecified atom stereocenters. The van der Waals surface area contributed by atoms with Crippen molar-refractivity contribution in [3.63, 3.8) is 0 Å². The standard InChI is InChI=1S/C25H22FN3O3S/c1-32-21-13-7-17(8-14-21)16-28-22(15-23(30)27-19-5-3-2-4-6-19)24(31)29(25(28)33)20-11-9-18(26)10-12-20/h2-14,22H,15-16H2,1H3,(H,27,30)/t22-/m1/s1. The molecule has 4 rings (SSSR count). The van der Waals surface area contributed by atoms with Crippen LogP contribution in [0.25, 0.3) is 0 Å². The van der Waals surface area contributed by atoms with Crippen molar-refractivity contribution in [3.8, 4) is 5.75 Å². The van der Waals surface area contributed by atoms with Gasteiger partial charge in [0.25, 0.3) is 5.91 Å². The van der Waals surface area contributed by atoms with Gasteiger partial charge in [-0.2, -0.15) is 0 Å². The summed E-state index contributed by atoms with van der Waals surface area (Å²) in [5.41, 5.74) is 2.00. The summed E-state index contributed by atoms with van der Waals surface area (Å²) in [7, 11) is 1.59. The quantitative estimate of drug-likeness (QED) is 0.528. The van der Waals surface area contributed by atoms with Crippen molar-refractivity contribution >= 4 is 40.5 Å². The highest BCUT2D eigenvalue weighted by Crippen LogP contribution is 2.29. The zero-order valence-corrected chi connectivity index (χ0v) is 18.7. The smallest absolute Gasteiger partial charge is 0.256 e. The summed E-state index contributed by atoms with van der Waals surface area (Å²) < 4.78 is 18.6. The first-order valence-electron chi connectivity index (χ1n) is 10.3. The molecule has 1 heterocycles. The molecule has 1 aliphatic rings. The van der Waals surface area contributed by atoms with E-state index in [1.165, 1.54) is 29.2 Å². The van der Waals surface area contributed by atoms with Crippen molar-refractivity contribution in [2.45, 2.75) is 19.0 Å². The van der Waals surface area contributed by atoms with Crippen molar-refractivity contribution < 1.29 is 18.7 Å². The average molecular weight is 464 g/mol. The summed E-state index contributed by atoms with van der Waals surface area (Å²) in [6.07, 6.45) is -0.0816. The molecule has 168 valence electrons. The van der Waals surface area contributed by atoms with Crippen LogP contribution in [0, 0.1) is 5.82 Å². The number of carbonyl (C=O) groups is 2. The monoisotopic (exact) mass is 463 g/mol. The number of amides is 2. The van der Waals surface area contributed by atoms with Crippen molar-refractivity contribution in [3.05, 3.63) is 90.2 Å². The van der Waals surface area contributed by atoms with Gasteiger partial charge in [-0.25, -0.2) is 4.39 Å². The minimum atomic E-state index is -0.798. The third-order valence-corrected chi connectivity index (χ3v) is 5.77. The maximum atomic E-state index is 13.4. The van der Waals surface area contributed by atoms with Gasteiger partial charge in [-0.15, -0.1) is 0 Å². The number of anilines is 2. The van der Waals surface area contributed by atoms with Crippen molar-refractivity contribution in [1.82, 2.24) is 4.90 Å². The molecule has 1 aliphatic heterocycles. The molecule has 0 radical (unpaired) electrons. The second-order valence-corrected chi connectivity index (χ2v) is 7.91. The van der Waals surface area contributed by atoms with E-state index in [1.807, 2.05) is 42.5 Å². The van der Waals surface area contributed by atoms with Crippen LogP contribution in [0.5, 0.6) is 5.75 Å². The first-order valence-corrected chi connectivity index (χ1v) is 10.7. The number of nitrogens with zero attached hydrogens (tertiary/aromatic N) is 2. The molecule has 1 saturated heterocycles. The molecule has 0 spiro atoms. The van der Waals surface area contributed by atoms with Crippen LogP contribution in [-0.2, 0) is 16.1 Å². The first kappa shape index (κ1) is 22.4. The third kappa shape index (κ3) is 5.01. The largest absolute Gasteiger partial charge is 0.497 e. The molecule has 0 saturated carbocycles. The van der Waals surface area contributed by atoms with Crippen LogP contribution >= 0.6 is 12.2 Å². The molecule has 1 N–H and O–H groups in total. The van der Waals surface area contributed by atoms with Gasteiger partial charge in [-0.3, -0.25) is 14.5 Å². The number of hydrogen-bond acceptors (Lipinski definition) is 4. The Morgan fingerprint density at radius 3 is 2.33 bits per heavy atom. The number of thiocarbonyl (C=S) groups is 1. The predicted octanol–water partition coefficient (Wildman–Crippen LogP) is 4.37. The number of nitrogens with one attached hydrogen (secondary N) is 1. The minimum Gasteiger partial charge on any atom is -0.497 e. The Morgan fingerprint density at radius 2 is 1.70 bits per heavy atom. The van der Waals surface area contributed by atoms with Crippen LogP contribution in [0.1, 0.15) is 12.0 Å². The van der Waals surface area contributed by atoms with Crippen molar-refractivity contribution in [1.29, 1.82) is 0 Å². The lowest BCUT2D eigenvalue weighted by molar-refractivity contribution is -0.124. The van der Waals surface area contributed by atoms with E-state index in [9.17, 15) is 14.0 Å². The van der Waals surface area contributed by atoms with Gasteiger partial charge >= 0.3 is 0 Å². The summed E-state index contributed by atoms with van der Waals surface area (Å²) in [6, 6.07) is 21.2. The van der Waals surface area contributed by atoms with E-state index in [0.29, 0.717) is 23.7 Å². The summed E-state index contributed by atoms with van der Waals surface area (Å²) in [5, 5.41) is 3.08. The number of hydrogen-bond donors (Lipinski definition) is 1. The zero-order valence-electron chi connectivity index (χ0n) is 17.9. The van der Waals surface area contributed by atoms with Crippen LogP contribution in [0.2, 0.25) is 0 Å². The molecule has 1 atom stereocenters. The van der Waals surface area contributed by atoms with E-state index in [2.05, 4.69) is 5.32 Å². The molecule has 6 nitrogen and oxygen atoms in total. The Hall–Kier alpha value is -3.78. The van der Waals surface area contributed by atoms with E-state index in [4.69, 9.17) is 17.0 Å². The van der Waals surface area contributed by atoms with Crippen LogP contribution in [0.15, 0.2) is 78.9 Å². The molecule has 0 aromatic heterocycles. The van der Waals surface area contributed by atoms with E-state index in [1.54, 1.807) is 24.1 Å². The molecule has 33 heavy (non-hydrogen) atoms. The van der Waals surface area contributed by atoms with Gasteiger partial charge in [0.05, 0.1) is 19.2 Å².